The van der Waals surface area contributed by atoms with Crippen molar-refractivity contribution in [2.75, 3.05) is 6.54 Å². The minimum Gasteiger partial charge on any atom is -0.388 e. The molecule has 20 heavy (non-hydrogen) atoms. The second-order valence-corrected chi connectivity index (χ2v) is 7.16. The summed E-state index contributed by atoms with van der Waals surface area (Å²) in [5.41, 5.74) is 7.24. The molecule has 0 heterocycles. The lowest BCUT2D eigenvalue weighted by molar-refractivity contribution is -0.0253. The van der Waals surface area contributed by atoms with Gasteiger partial charge in [0.25, 0.3) is 0 Å². The Morgan fingerprint density at radius 1 is 1.25 bits per heavy atom. The first-order chi connectivity index (χ1) is 9.30. The Labute approximate surface area is 121 Å². The zero-order valence-electron chi connectivity index (χ0n) is 12.7. The molecule has 2 rings (SSSR count). The van der Waals surface area contributed by atoms with Crippen LogP contribution in [0.1, 0.15) is 56.8 Å². The first-order valence-corrected chi connectivity index (χ1v) is 7.44. The number of nitrogens with two attached hydrogens (primary N) is 1. The Hall–Kier alpha value is -0.930. The Kier molecular flexibility index (Phi) is 4.22. The van der Waals surface area contributed by atoms with Gasteiger partial charge in [-0.3, -0.25) is 0 Å². The molecule has 3 N–H and O–H groups in total. The van der Waals surface area contributed by atoms with Crippen LogP contribution in [0.5, 0.6) is 0 Å². The van der Waals surface area contributed by atoms with Crippen molar-refractivity contribution in [2.45, 2.75) is 52.6 Å². The van der Waals surface area contributed by atoms with Crippen molar-refractivity contribution in [1.29, 1.82) is 0 Å². The second-order valence-electron chi connectivity index (χ2n) is 7.16. The Morgan fingerprint density at radius 3 is 2.40 bits per heavy atom. The van der Waals surface area contributed by atoms with Gasteiger partial charge in [0.05, 0.1) is 6.10 Å². The number of halogens is 1. The van der Waals surface area contributed by atoms with Crippen LogP contribution in [0.2, 0.25) is 0 Å². The smallest absolute Gasteiger partial charge is 0.129 e. The average molecular weight is 279 g/mol. The molecule has 1 aromatic rings. The summed E-state index contributed by atoms with van der Waals surface area (Å²) in [4.78, 5) is 0. The van der Waals surface area contributed by atoms with E-state index in [0.29, 0.717) is 17.5 Å². The van der Waals surface area contributed by atoms with E-state index in [4.69, 9.17) is 5.73 Å². The second kappa shape index (κ2) is 5.45. The standard InChI is InChI=1S/C17H26FNO/c1-12-4-5-14(18)13(10-12)15(20)17(11-19)8-6-16(2,3)7-9-17/h4-5,10,15,20H,6-9,11,19H2,1-3H3. The number of aryl methyl sites for hydroxylation is 1. The molecule has 0 radical (unpaired) electrons. The first-order valence-electron chi connectivity index (χ1n) is 7.44. The van der Waals surface area contributed by atoms with Crippen LogP contribution in [0, 0.1) is 23.6 Å². The highest BCUT2D eigenvalue weighted by Gasteiger charge is 2.43. The van der Waals surface area contributed by atoms with Gasteiger partial charge in [-0.1, -0.05) is 31.5 Å². The SMILES string of the molecule is Cc1ccc(F)c(C(O)C2(CN)CCC(C)(C)CC2)c1. The molecule has 0 saturated heterocycles. The molecule has 0 bridgehead atoms. The van der Waals surface area contributed by atoms with Crippen LogP contribution >= 0.6 is 0 Å². The molecular weight excluding hydrogens is 253 g/mol. The van der Waals surface area contributed by atoms with Crippen molar-refractivity contribution < 1.29 is 9.50 Å². The fourth-order valence-corrected chi connectivity index (χ4v) is 3.22. The summed E-state index contributed by atoms with van der Waals surface area (Å²) < 4.78 is 14.0. The summed E-state index contributed by atoms with van der Waals surface area (Å²) in [5.74, 6) is -0.333. The molecule has 1 atom stereocenters. The Bertz CT molecular complexity index is 474. The largest absolute Gasteiger partial charge is 0.388 e. The van der Waals surface area contributed by atoms with E-state index >= 15 is 0 Å². The molecule has 1 aliphatic rings. The third kappa shape index (κ3) is 2.89. The Morgan fingerprint density at radius 2 is 1.85 bits per heavy atom. The first kappa shape index (κ1) is 15.5. The third-order valence-corrected chi connectivity index (χ3v) is 5.03. The summed E-state index contributed by atoms with van der Waals surface area (Å²) in [6.07, 6.45) is 2.93. The van der Waals surface area contributed by atoms with E-state index in [2.05, 4.69) is 13.8 Å². The van der Waals surface area contributed by atoms with E-state index < -0.39 is 6.10 Å². The number of rotatable bonds is 3. The van der Waals surface area contributed by atoms with Crippen LogP contribution < -0.4 is 5.73 Å². The average Bonchev–Trinajstić information content (AvgIpc) is 2.41. The Balaban J connectivity index is 2.30. The van der Waals surface area contributed by atoms with Crippen molar-refractivity contribution in [2.24, 2.45) is 16.6 Å². The van der Waals surface area contributed by atoms with Crippen LogP contribution in [0.4, 0.5) is 4.39 Å². The fraction of sp³-hybridized carbons (Fsp3) is 0.647. The molecule has 3 heteroatoms. The number of hydrogen-bond donors (Lipinski definition) is 2. The molecule has 1 aliphatic carbocycles. The summed E-state index contributed by atoms with van der Waals surface area (Å²) in [6.45, 7) is 6.80. The van der Waals surface area contributed by atoms with Gasteiger partial charge in [-0.05, 0) is 44.1 Å². The quantitative estimate of drug-likeness (QED) is 0.886. The van der Waals surface area contributed by atoms with Gasteiger partial charge in [0, 0.05) is 17.5 Å². The predicted octanol–water partition coefficient (Wildman–Crippen LogP) is 3.71. The van der Waals surface area contributed by atoms with Crippen molar-refractivity contribution >= 4 is 0 Å². The van der Waals surface area contributed by atoms with E-state index in [1.165, 1.54) is 6.07 Å². The maximum absolute atomic E-state index is 14.0. The van der Waals surface area contributed by atoms with Crippen molar-refractivity contribution in [1.82, 2.24) is 0 Å². The maximum atomic E-state index is 14.0. The normalized spacial score (nSPS) is 22.5. The number of hydrogen-bond acceptors (Lipinski definition) is 2. The molecule has 0 amide bonds. The number of benzene rings is 1. The molecule has 1 fully saturated rings. The van der Waals surface area contributed by atoms with Crippen LogP contribution in [0.3, 0.4) is 0 Å². The summed E-state index contributed by atoms with van der Waals surface area (Å²) in [6, 6.07) is 4.91. The fourth-order valence-electron chi connectivity index (χ4n) is 3.22. The number of aliphatic hydroxyl groups excluding tert-OH is 1. The van der Waals surface area contributed by atoms with Gasteiger partial charge in [-0.2, -0.15) is 0 Å². The topological polar surface area (TPSA) is 46.2 Å². The van der Waals surface area contributed by atoms with Crippen molar-refractivity contribution in [3.05, 3.63) is 35.1 Å². The van der Waals surface area contributed by atoms with E-state index in [1.54, 1.807) is 12.1 Å². The highest BCUT2D eigenvalue weighted by molar-refractivity contribution is 5.27. The van der Waals surface area contributed by atoms with Crippen molar-refractivity contribution in [3.63, 3.8) is 0 Å². The lowest BCUT2D eigenvalue weighted by atomic mass is 9.62. The van der Waals surface area contributed by atoms with E-state index in [0.717, 1.165) is 31.2 Å². The lowest BCUT2D eigenvalue weighted by Crippen LogP contribution is -2.42. The van der Waals surface area contributed by atoms with Gasteiger partial charge >= 0.3 is 0 Å². The number of aliphatic hydroxyl groups is 1. The zero-order valence-corrected chi connectivity index (χ0v) is 12.7. The molecule has 0 aromatic heterocycles. The highest BCUT2D eigenvalue weighted by Crippen LogP contribution is 2.51. The molecular formula is C17H26FNO. The molecule has 0 spiro atoms. The van der Waals surface area contributed by atoms with Crippen LogP contribution in [0.25, 0.3) is 0 Å². The van der Waals surface area contributed by atoms with Gasteiger partial charge < -0.3 is 10.8 Å². The monoisotopic (exact) mass is 279 g/mol. The minimum absolute atomic E-state index is 0.295. The molecule has 2 nitrogen and oxygen atoms in total. The van der Waals surface area contributed by atoms with E-state index in [1.807, 2.05) is 6.92 Å². The molecule has 112 valence electrons. The van der Waals surface area contributed by atoms with E-state index in [-0.39, 0.29) is 11.2 Å². The predicted molar refractivity (Wildman–Crippen MR) is 79.8 cm³/mol. The third-order valence-electron chi connectivity index (χ3n) is 5.03. The van der Waals surface area contributed by atoms with Gasteiger partial charge in [0.2, 0.25) is 0 Å². The van der Waals surface area contributed by atoms with Gasteiger partial charge in [-0.25, -0.2) is 4.39 Å². The highest BCUT2D eigenvalue weighted by atomic mass is 19.1. The van der Waals surface area contributed by atoms with Crippen LogP contribution in [-0.2, 0) is 0 Å². The van der Waals surface area contributed by atoms with Gasteiger partial charge in [-0.15, -0.1) is 0 Å². The molecule has 1 unspecified atom stereocenters. The maximum Gasteiger partial charge on any atom is 0.129 e. The molecule has 1 saturated carbocycles. The molecule has 1 aromatic carbocycles. The van der Waals surface area contributed by atoms with Crippen molar-refractivity contribution in [3.8, 4) is 0 Å². The zero-order chi connectivity index (χ0) is 15.0. The van der Waals surface area contributed by atoms with Gasteiger partial charge in [0.1, 0.15) is 5.82 Å². The van der Waals surface area contributed by atoms with Gasteiger partial charge in [0.15, 0.2) is 0 Å². The lowest BCUT2D eigenvalue weighted by Gasteiger charge is -2.46. The van der Waals surface area contributed by atoms with Crippen LogP contribution in [-0.4, -0.2) is 11.7 Å². The summed E-state index contributed by atoms with van der Waals surface area (Å²) in [5, 5.41) is 10.8. The van der Waals surface area contributed by atoms with E-state index in [9.17, 15) is 9.50 Å². The van der Waals surface area contributed by atoms with Crippen LogP contribution in [0.15, 0.2) is 18.2 Å². The molecule has 0 aliphatic heterocycles. The summed E-state index contributed by atoms with van der Waals surface area (Å²) in [7, 11) is 0. The summed E-state index contributed by atoms with van der Waals surface area (Å²) >= 11 is 0. The minimum atomic E-state index is -0.816.